The molecule has 0 aromatic heterocycles. The number of rotatable bonds is 7. The molecule has 0 atom stereocenters. The van der Waals surface area contributed by atoms with Crippen LogP contribution in [0.1, 0.15) is 32.1 Å². The predicted molar refractivity (Wildman–Crippen MR) is 80.8 cm³/mol. The first-order chi connectivity index (χ1) is 9.67. The normalized spacial score (nSPS) is 23.6. The molecule has 110 valence electrons. The zero-order valence-electron chi connectivity index (χ0n) is 11.8. The van der Waals surface area contributed by atoms with Crippen LogP contribution < -0.4 is 11.1 Å². The van der Waals surface area contributed by atoms with Crippen molar-refractivity contribution in [3.8, 4) is 0 Å². The molecule has 0 saturated heterocycles. The minimum Gasteiger partial charge on any atom is -0.356 e. The number of nitrogens with one attached hydrogen (secondary N) is 1. The first-order valence-electron chi connectivity index (χ1n) is 7.03. The molecular weight excluding hydrogens is 254 g/mol. The zero-order chi connectivity index (χ0) is 14.8. The van der Waals surface area contributed by atoms with E-state index in [0.29, 0.717) is 18.7 Å². The molecule has 0 aromatic rings. The Hall–Kier alpha value is -1.75. The SMILES string of the molecule is C=C/C=C(\C=C/CCNC(=O)C1CCC(N)CC1)N=O. The summed E-state index contributed by atoms with van der Waals surface area (Å²) in [4.78, 5) is 22.3. The summed E-state index contributed by atoms with van der Waals surface area (Å²) < 4.78 is 0. The van der Waals surface area contributed by atoms with Crippen molar-refractivity contribution in [2.75, 3.05) is 6.54 Å². The molecule has 1 saturated carbocycles. The van der Waals surface area contributed by atoms with Crippen molar-refractivity contribution in [2.45, 2.75) is 38.1 Å². The van der Waals surface area contributed by atoms with Crippen LogP contribution >= 0.6 is 0 Å². The first kappa shape index (κ1) is 16.3. The smallest absolute Gasteiger partial charge is 0.223 e. The Morgan fingerprint density at radius 1 is 1.35 bits per heavy atom. The van der Waals surface area contributed by atoms with Gasteiger partial charge in [-0.3, -0.25) is 4.79 Å². The third kappa shape index (κ3) is 5.93. The maximum Gasteiger partial charge on any atom is 0.223 e. The maximum atomic E-state index is 11.9. The molecule has 3 N–H and O–H groups in total. The van der Waals surface area contributed by atoms with E-state index < -0.39 is 0 Å². The van der Waals surface area contributed by atoms with Crippen LogP contribution in [-0.2, 0) is 4.79 Å². The summed E-state index contributed by atoms with van der Waals surface area (Å²) >= 11 is 0. The number of nitrogens with two attached hydrogens (primary N) is 1. The second-order valence-corrected chi connectivity index (χ2v) is 5.01. The van der Waals surface area contributed by atoms with Gasteiger partial charge in [0.15, 0.2) is 0 Å². The third-order valence-corrected chi connectivity index (χ3v) is 3.44. The van der Waals surface area contributed by atoms with Gasteiger partial charge in [-0.2, -0.15) is 0 Å². The van der Waals surface area contributed by atoms with Gasteiger partial charge in [0.05, 0.1) is 0 Å². The average Bonchev–Trinajstić information content (AvgIpc) is 2.46. The monoisotopic (exact) mass is 277 g/mol. The van der Waals surface area contributed by atoms with Gasteiger partial charge in [0, 0.05) is 18.5 Å². The third-order valence-electron chi connectivity index (χ3n) is 3.44. The minimum absolute atomic E-state index is 0.103. The molecule has 0 aromatic carbocycles. The quantitative estimate of drug-likeness (QED) is 0.426. The molecule has 1 aliphatic rings. The number of nitrogens with zero attached hydrogens (tertiary/aromatic N) is 1. The highest BCUT2D eigenvalue weighted by Crippen LogP contribution is 2.23. The predicted octanol–water partition coefficient (Wildman–Crippen LogP) is 2.40. The standard InChI is InChI=1S/C15H23N3O2/c1-2-5-14(18-20)6-3-4-11-17-15(19)12-7-9-13(16)10-8-12/h2-3,5-6,12-13H,1,4,7-11,16H2,(H,17,19)/b6-3-,14-5+. The van der Waals surface area contributed by atoms with Gasteiger partial charge in [-0.1, -0.05) is 18.7 Å². The highest BCUT2D eigenvalue weighted by Gasteiger charge is 2.23. The Morgan fingerprint density at radius 2 is 2.05 bits per heavy atom. The lowest BCUT2D eigenvalue weighted by molar-refractivity contribution is -0.125. The van der Waals surface area contributed by atoms with Crippen LogP contribution in [0.4, 0.5) is 0 Å². The molecule has 1 rings (SSSR count). The Morgan fingerprint density at radius 3 is 2.65 bits per heavy atom. The van der Waals surface area contributed by atoms with Gasteiger partial charge < -0.3 is 11.1 Å². The van der Waals surface area contributed by atoms with Crippen molar-refractivity contribution in [1.82, 2.24) is 5.32 Å². The summed E-state index contributed by atoms with van der Waals surface area (Å²) in [5.74, 6) is 0.215. The number of amides is 1. The molecule has 0 bridgehead atoms. The lowest BCUT2D eigenvalue weighted by atomic mass is 9.86. The highest BCUT2D eigenvalue weighted by molar-refractivity contribution is 5.78. The summed E-state index contributed by atoms with van der Waals surface area (Å²) in [5, 5.41) is 5.76. The molecule has 5 nitrogen and oxygen atoms in total. The van der Waals surface area contributed by atoms with Gasteiger partial charge in [-0.05, 0) is 49.4 Å². The van der Waals surface area contributed by atoms with E-state index in [2.05, 4.69) is 17.1 Å². The van der Waals surface area contributed by atoms with Crippen LogP contribution in [0.15, 0.2) is 41.8 Å². The molecule has 1 fully saturated rings. The van der Waals surface area contributed by atoms with Crippen LogP contribution in [-0.4, -0.2) is 18.5 Å². The Labute approximate surface area is 120 Å². The van der Waals surface area contributed by atoms with Crippen LogP contribution in [0.2, 0.25) is 0 Å². The van der Waals surface area contributed by atoms with Gasteiger partial charge >= 0.3 is 0 Å². The maximum absolute atomic E-state index is 11.9. The summed E-state index contributed by atoms with van der Waals surface area (Å²) in [6.07, 6.45) is 10.8. The van der Waals surface area contributed by atoms with Crippen molar-refractivity contribution in [3.63, 3.8) is 0 Å². The highest BCUT2D eigenvalue weighted by atomic mass is 16.3. The van der Waals surface area contributed by atoms with Crippen LogP contribution in [0.5, 0.6) is 0 Å². The summed E-state index contributed by atoms with van der Waals surface area (Å²) in [6.45, 7) is 4.07. The molecule has 5 heteroatoms. The Kier molecular flexibility index (Phi) is 7.50. The Bertz CT molecular complexity index is 394. The van der Waals surface area contributed by atoms with Gasteiger partial charge in [0.1, 0.15) is 5.70 Å². The lowest BCUT2D eigenvalue weighted by Gasteiger charge is -2.25. The fourth-order valence-electron chi connectivity index (χ4n) is 2.25. The van der Waals surface area contributed by atoms with E-state index >= 15 is 0 Å². The lowest BCUT2D eigenvalue weighted by Crippen LogP contribution is -2.36. The molecule has 0 unspecified atom stereocenters. The second-order valence-electron chi connectivity index (χ2n) is 5.01. The van der Waals surface area contributed by atoms with Gasteiger partial charge in [-0.15, -0.1) is 4.91 Å². The number of hydrogen-bond acceptors (Lipinski definition) is 4. The first-order valence-corrected chi connectivity index (χ1v) is 7.03. The summed E-state index contributed by atoms with van der Waals surface area (Å²) in [7, 11) is 0. The van der Waals surface area contributed by atoms with E-state index in [0.717, 1.165) is 25.7 Å². The van der Waals surface area contributed by atoms with Crippen LogP contribution in [0, 0.1) is 10.8 Å². The van der Waals surface area contributed by atoms with Crippen molar-refractivity contribution in [1.29, 1.82) is 0 Å². The van der Waals surface area contributed by atoms with Crippen LogP contribution in [0.3, 0.4) is 0 Å². The average molecular weight is 277 g/mol. The Balaban J connectivity index is 2.22. The van der Waals surface area contributed by atoms with Gasteiger partial charge in [0.25, 0.3) is 0 Å². The molecular formula is C15H23N3O2. The van der Waals surface area contributed by atoms with E-state index in [9.17, 15) is 9.70 Å². The summed E-state index contributed by atoms with van der Waals surface area (Å²) in [6, 6.07) is 0.257. The fraction of sp³-hybridized carbons (Fsp3) is 0.533. The molecule has 0 aliphatic heterocycles. The topological polar surface area (TPSA) is 84.6 Å². The second kappa shape index (κ2) is 9.20. The van der Waals surface area contributed by atoms with E-state index in [1.165, 1.54) is 12.2 Å². The van der Waals surface area contributed by atoms with Gasteiger partial charge in [0.2, 0.25) is 5.91 Å². The number of nitroso groups, excluding NO2 is 1. The van der Waals surface area contributed by atoms with Gasteiger partial charge in [-0.25, -0.2) is 0 Å². The van der Waals surface area contributed by atoms with E-state index in [1.807, 2.05) is 6.08 Å². The fourth-order valence-corrected chi connectivity index (χ4v) is 2.25. The minimum atomic E-state index is 0.103. The number of hydrogen-bond donors (Lipinski definition) is 2. The van der Waals surface area contributed by atoms with E-state index in [-0.39, 0.29) is 17.9 Å². The van der Waals surface area contributed by atoms with Crippen molar-refractivity contribution >= 4 is 5.91 Å². The summed E-state index contributed by atoms with van der Waals surface area (Å²) in [5.41, 5.74) is 6.14. The van der Waals surface area contributed by atoms with Crippen molar-refractivity contribution in [2.24, 2.45) is 16.8 Å². The largest absolute Gasteiger partial charge is 0.356 e. The number of allylic oxidation sites excluding steroid dienone is 3. The molecule has 0 spiro atoms. The number of carbonyl (C=O) groups is 1. The molecule has 20 heavy (non-hydrogen) atoms. The molecule has 1 amide bonds. The molecule has 0 radical (unpaired) electrons. The van der Waals surface area contributed by atoms with E-state index in [4.69, 9.17) is 5.73 Å². The van der Waals surface area contributed by atoms with Crippen molar-refractivity contribution < 1.29 is 4.79 Å². The van der Waals surface area contributed by atoms with Crippen LogP contribution in [0.25, 0.3) is 0 Å². The molecule has 1 aliphatic carbocycles. The number of carbonyl (C=O) groups excluding carboxylic acids is 1. The van der Waals surface area contributed by atoms with E-state index in [1.54, 1.807) is 6.08 Å². The zero-order valence-corrected chi connectivity index (χ0v) is 11.8. The van der Waals surface area contributed by atoms with Crippen molar-refractivity contribution in [3.05, 3.63) is 41.5 Å². The molecule has 0 heterocycles.